The lowest BCUT2D eigenvalue weighted by molar-refractivity contribution is -0.128. The molecule has 1 aromatic carbocycles. The Morgan fingerprint density at radius 3 is 2.79 bits per heavy atom. The first-order chi connectivity index (χ1) is 11.5. The summed E-state index contributed by atoms with van der Waals surface area (Å²) >= 11 is 0. The quantitative estimate of drug-likeness (QED) is 0.735. The van der Waals surface area contributed by atoms with Crippen LogP contribution in [0.1, 0.15) is 42.6 Å². The lowest BCUT2D eigenvalue weighted by Crippen LogP contribution is -2.36. The molecule has 0 radical (unpaired) electrons. The highest BCUT2D eigenvalue weighted by molar-refractivity contribution is 5.94. The van der Waals surface area contributed by atoms with Crippen LogP contribution in [0.2, 0.25) is 0 Å². The third-order valence-electron chi connectivity index (χ3n) is 4.16. The molecule has 0 bridgehead atoms. The third-order valence-corrected chi connectivity index (χ3v) is 4.16. The van der Waals surface area contributed by atoms with Gasteiger partial charge >= 0.3 is 0 Å². The smallest absolute Gasteiger partial charge is 0.253 e. The third kappa shape index (κ3) is 5.06. The molecule has 132 valence electrons. The summed E-state index contributed by atoms with van der Waals surface area (Å²) < 4.78 is 5.13. The molecular weight excluding hydrogens is 304 g/mol. The predicted octanol–water partition coefficient (Wildman–Crippen LogP) is 2.55. The lowest BCUT2D eigenvalue weighted by atomic mass is 10.1. The van der Waals surface area contributed by atoms with E-state index in [9.17, 15) is 9.59 Å². The molecule has 24 heavy (non-hydrogen) atoms. The number of ether oxygens (including phenoxy) is 1. The van der Waals surface area contributed by atoms with Crippen LogP contribution in [-0.2, 0) is 16.1 Å². The minimum atomic E-state index is 0.0235. The zero-order valence-electron chi connectivity index (χ0n) is 15.0. The van der Waals surface area contributed by atoms with Crippen molar-refractivity contribution in [2.45, 2.75) is 33.2 Å². The van der Waals surface area contributed by atoms with Crippen molar-refractivity contribution in [2.75, 3.05) is 33.4 Å². The molecule has 1 aromatic rings. The van der Waals surface area contributed by atoms with Gasteiger partial charge in [-0.3, -0.25) is 9.59 Å². The molecule has 1 aliphatic heterocycles. The van der Waals surface area contributed by atoms with Gasteiger partial charge in [0.1, 0.15) is 0 Å². The Morgan fingerprint density at radius 2 is 2.17 bits per heavy atom. The first-order valence-corrected chi connectivity index (χ1v) is 8.66. The summed E-state index contributed by atoms with van der Waals surface area (Å²) in [6.45, 7) is 7.41. The first-order valence-electron chi connectivity index (χ1n) is 8.66. The van der Waals surface area contributed by atoms with E-state index < -0.39 is 0 Å². The summed E-state index contributed by atoms with van der Waals surface area (Å²) in [5.41, 5.74) is 1.68. The fourth-order valence-electron chi connectivity index (χ4n) is 2.99. The van der Waals surface area contributed by atoms with Crippen molar-refractivity contribution in [3.63, 3.8) is 0 Å². The zero-order valence-corrected chi connectivity index (χ0v) is 15.0. The molecule has 1 fully saturated rings. The van der Waals surface area contributed by atoms with Crippen LogP contribution >= 0.6 is 0 Å². The highest BCUT2D eigenvalue weighted by Gasteiger charge is 2.21. The van der Waals surface area contributed by atoms with Crippen molar-refractivity contribution >= 4 is 11.8 Å². The largest absolute Gasteiger partial charge is 0.383 e. The van der Waals surface area contributed by atoms with Crippen LogP contribution in [0, 0.1) is 5.92 Å². The number of likely N-dealkylation sites (tertiary alicyclic amines) is 1. The number of carbonyl (C=O) groups excluding carboxylic acids is 2. The molecule has 0 atom stereocenters. The minimum Gasteiger partial charge on any atom is -0.383 e. The molecule has 1 aliphatic rings. The number of methoxy groups -OCH3 is 1. The number of hydrogen-bond acceptors (Lipinski definition) is 3. The normalized spacial score (nSPS) is 14.5. The SMILES string of the molecule is COCCN(CC(C)C)C(=O)c1cccc(CN2CCCC2=O)c1. The summed E-state index contributed by atoms with van der Waals surface area (Å²) in [4.78, 5) is 28.3. The molecule has 1 saturated heterocycles. The Kier molecular flexibility index (Phi) is 6.79. The van der Waals surface area contributed by atoms with Crippen molar-refractivity contribution < 1.29 is 14.3 Å². The fraction of sp³-hybridized carbons (Fsp3) is 0.579. The number of amides is 2. The molecule has 0 aromatic heterocycles. The maximum absolute atomic E-state index is 12.8. The highest BCUT2D eigenvalue weighted by Crippen LogP contribution is 2.16. The van der Waals surface area contributed by atoms with Gasteiger partial charge in [0.15, 0.2) is 0 Å². The van der Waals surface area contributed by atoms with E-state index in [1.54, 1.807) is 7.11 Å². The molecular formula is C19H28N2O3. The van der Waals surface area contributed by atoms with E-state index in [1.165, 1.54) is 0 Å². The Morgan fingerprint density at radius 1 is 1.38 bits per heavy atom. The summed E-state index contributed by atoms with van der Waals surface area (Å²) in [6.07, 6.45) is 1.56. The van der Waals surface area contributed by atoms with Crippen LogP contribution in [0.25, 0.3) is 0 Å². The van der Waals surface area contributed by atoms with Gasteiger partial charge < -0.3 is 14.5 Å². The predicted molar refractivity (Wildman–Crippen MR) is 93.7 cm³/mol. The molecule has 0 N–H and O–H groups in total. The van der Waals surface area contributed by atoms with Crippen LogP contribution in [0.4, 0.5) is 0 Å². The van der Waals surface area contributed by atoms with Crippen molar-refractivity contribution in [1.29, 1.82) is 0 Å². The molecule has 5 nitrogen and oxygen atoms in total. The second-order valence-electron chi connectivity index (χ2n) is 6.76. The number of carbonyl (C=O) groups is 2. The van der Waals surface area contributed by atoms with Crippen molar-refractivity contribution in [3.8, 4) is 0 Å². The summed E-state index contributed by atoms with van der Waals surface area (Å²) in [5, 5.41) is 0. The first kappa shape index (κ1) is 18.5. The van der Waals surface area contributed by atoms with Gasteiger partial charge in [-0.05, 0) is 30.0 Å². The maximum atomic E-state index is 12.8. The molecule has 1 heterocycles. The van der Waals surface area contributed by atoms with E-state index >= 15 is 0 Å². The molecule has 0 aliphatic carbocycles. The number of nitrogens with zero attached hydrogens (tertiary/aromatic N) is 2. The van der Waals surface area contributed by atoms with Crippen molar-refractivity contribution in [2.24, 2.45) is 5.92 Å². The van der Waals surface area contributed by atoms with Crippen LogP contribution in [0.5, 0.6) is 0 Å². The summed E-state index contributed by atoms with van der Waals surface area (Å²) in [5.74, 6) is 0.625. The van der Waals surface area contributed by atoms with Gasteiger partial charge in [0.2, 0.25) is 5.91 Å². The molecule has 0 unspecified atom stereocenters. The van der Waals surface area contributed by atoms with E-state index in [0.29, 0.717) is 44.1 Å². The highest BCUT2D eigenvalue weighted by atomic mass is 16.5. The van der Waals surface area contributed by atoms with Gasteiger partial charge in [-0.2, -0.15) is 0 Å². The van der Waals surface area contributed by atoms with E-state index in [2.05, 4.69) is 13.8 Å². The van der Waals surface area contributed by atoms with E-state index in [1.807, 2.05) is 34.1 Å². The van der Waals surface area contributed by atoms with Gasteiger partial charge in [0.25, 0.3) is 5.91 Å². The monoisotopic (exact) mass is 332 g/mol. The van der Waals surface area contributed by atoms with E-state index in [0.717, 1.165) is 18.5 Å². The van der Waals surface area contributed by atoms with Gasteiger partial charge in [-0.25, -0.2) is 0 Å². The standard InChI is InChI=1S/C19H28N2O3/c1-15(2)13-21(10-11-24-3)19(23)17-7-4-6-16(12-17)14-20-9-5-8-18(20)22/h4,6-7,12,15H,5,8-11,13-14H2,1-3H3. The number of rotatable bonds is 8. The average molecular weight is 332 g/mol. The Hall–Kier alpha value is -1.88. The van der Waals surface area contributed by atoms with Crippen LogP contribution < -0.4 is 0 Å². The van der Waals surface area contributed by atoms with Gasteiger partial charge in [-0.15, -0.1) is 0 Å². The van der Waals surface area contributed by atoms with Gasteiger partial charge in [-0.1, -0.05) is 26.0 Å². The summed E-state index contributed by atoms with van der Waals surface area (Å²) in [6, 6.07) is 7.63. The average Bonchev–Trinajstić information content (AvgIpc) is 2.95. The minimum absolute atomic E-state index is 0.0235. The molecule has 5 heteroatoms. The van der Waals surface area contributed by atoms with E-state index in [-0.39, 0.29) is 11.8 Å². The molecule has 0 spiro atoms. The van der Waals surface area contributed by atoms with Crippen LogP contribution in [-0.4, -0.2) is 55.0 Å². The molecule has 0 saturated carbocycles. The second-order valence-corrected chi connectivity index (χ2v) is 6.76. The van der Waals surface area contributed by atoms with Crippen molar-refractivity contribution in [3.05, 3.63) is 35.4 Å². The van der Waals surface area contributed by atoms with Gasteiger partial charge in [0.05, 0.1) is 6.61 Å². The Bertz CT molecular complexity index is 571. The molecule has 2 rings (SSSR count). The Labute approximate surface area is 144 Å². The number of hydrogen-bond donors (Lipinski definition) is 0. The van der Waals surface area contributed by atoms with Gasteiger partial charge in [0, 0.05) is 45.3 Å². The molecule has 2 amide bonds. The van der Waals surface area contributed by atoms with Crippen LogP contribution in [0.3, 0.4) is 0 Å². The second kappa shape index (κ2) is 8.83. The maximum Gasteiger partial charge on any atom is 0.253 e. The Balaban J connectivity index is 2.09. The van der Waals surface area contributed by atoms with Crippen LogP contribution in [0.15, 0.2) is 24.3 Å². The number of benzene rings is 1. The topological polar surface area (TPSA) is 49.9 Å². The zero-order chi connectivity index (χ0) is 17.5. The van der Waals surface area contributed by atoms with E-state index in [4.69, 9.17) is 4.74 Å². The lowest BCUT2D eigenvalue weighted by Gasteiger charge is -2.25. The fourth-order valence-corrected chi connectivity index (χ4v) is 2.99. The summed E-state index contributed by atoms with van der Waals surface area (Å²) in [7, 11) is 1.64. The van der Waals surface area contributed by atoms with Crippen molar-refractivity contribution in [1.82, 2.24) is 9.80 Å².